The molecule has 0 aliphatic carbocycles. The van der Waals surface area contributed by atoms with Crippen LogP contribution in [0.5, 0.6) is 5.75 Å². The zero-order valence-electron chi connectivity index (χ0n) is 20.8. The van der Waals surface area contributed by atoms with Gasteiger partial charge in [-0.3, -0.25) is 0 Å². The Morgan fingerprint density at radius 2 is 1.57 bits per heavy atom. The number of carboxylic acids is 1. The topological polar surface area (TPSA) is 62.3 Å². The van der Waals surface area contributed by atoms with Crippen molar-refractivity contribution in [3.05, 3.63) is 119 Å². The van der Waals surface area contributed by atoms with Gasteiger partial charge in [0.05, 0.1) is 12.1 Å². The number of aromatic amines is 1. The van der Waals surface area contributed by atoms with Crippen molar-refractivity contribution in [3.8, 4) is 5.75 Å². The van der Waals surface area contributed by atoms with Gasteiger partial charge in [0.2, 0.25) is 0 Å². The monoisotopic (exact) mass is 489 g/mol. The van der Waals surface area contributed by atoms with E-state index in [-0.39, 0.29) is 5.69 Å². The maximum atomic E-state index is 12.1. The lowest BCUT2D eigenvalue weighted by molar-refractivity contribution is 0.0690. The van der Waals surface area contributed by atoms with E-state index in [4.69, 9.17) is 4.74 Å². The van der Waals surface area contributed by atoms with Gasteiger partial charge in [0.1, 0.15) is 11.4 Å². The predicted molar refractivity (Wildman–Crippen MR) is 151 cm³/mol. The summed E-state index contributed by atoms with van der Waals surface area (Å²) in [6.45, 7) is 0.515. The molecule has 37 heavy (non-hydrogen) atoms. The summed E-state index contributed by atoms with van der Waals surface area (Å²) in [6.07, 6.45) is 8.71. The number of ether oxygens (including phenoxy) is 1. The first-order valence-corrected chi connectivity index (χ1v) is 12.9. The summed E-state index contributed by atoms with van der Waals surface area (Å²) in [5.74, 6) is -0.0749. The highest BCUT2D eigenvalue weighted by Crippen LogP contribution is 2.29. The molecule has 0 aliphatic rings. The fraction of sp³-hybridized carbons (Fsp3) is 0.182. The quantitative estimate of drug-likeness (QED) is 0.184. The largest absolute Gasteiger partial charge is 0.493 e. The van der Waals surface area contributed by atoms with Crippen LogP contribution in [0.25, 0.3) is 27.8 Å². The smallest absolute Gasteiger partial charge is 0.352 e. The number of benzene rings is 4. The number of hydrogen-bond acceptors (Lipinski definition) is 2. The van der Waals surface area contributed by atoms with E-state index in [1.807, 2.05) is 48.5 Å². The van der Waals surface area contributed by atoms with Crippen LogP contribution in [0, 0.1) is 0 Å². The van der Waals surface area contributed by atoms with Crippen LogP contribution in [-0.4, -0.2) is 22.7 Å². The molecule has 0 unspecified atom stereocenters. The summed E-state index contributed by atoms with van der Waals surface area (Å²) in [4.78, 5) is 15.2. The van der Waals surface area contributed by atoms with Crippen LogP contribution in [0.2, 0.25) is 0 Å². The SMILES string of the molecule is O=C(O)c1[nH]c2c(C=CCCCc3ccccc3)cccc2c1CCCOc1cccc2ccccc12. The van der Waals surface area contributed by atoms with E-state index in [9.17, 15) is 9.90 Å². The van der Waals surface area contributed by atoms with Crippen LogP contribution in [0.3, 0.4) is 0 Å². The van der Waals surface area contributed by atoms with E-state index >= 15 is 0 Å². The average molecular weight is 490 g/mol. The molecule has 1 aromatic heterocycles. The Kier molecular flexibility index (Phi) is 7.66. The zero-order chi connectivity index (χ0) is 25.5. The van der Waals surface area contributed by atoms with Gasteiger partial charge in [0.25, 0.3) is 0 Å². The van der Waals surface area contributed by atoms with Gasteiger partial charge in [-0.25, -0.2) is 4.79 Å². The van der Waals surface area contributed by atoms with E-state index in [2.05, 4.69) is 59.6 Å². The lowest BCUT2D eigenvalue weighted by Gasteiger charge is -2.09. The van der Waals surface area contributed by atoms with Crippen molar-refractivity contribution in [2.45, 2.75) is 32.1 Å². The summed E-state index contributed by atoms with van der Waals surface area (Å²) in [5, 5.41) is 13.1. The first kappa shape index (κ1) is 24.4. The second-order valence-corrected chi connectivity index (χ2v) is 9.26. The van der Waals surface area contributed by atoms with Crippen molar-refractivity contribution < 1.29 is 14.6 Å². The van der Waals surface area contributed by atoms with Gasteiger partial charge in [-0.2, -0.15) is 0 Å². The number of aromatic nitrogens is 1. The highest BCUT2D eigenvalue weighted by atomic mass is 16.5. The van der Waals surface area contributed by atoms with Gasteiger partial charge in [0.15, 0.2) is 0 Å². The Morgan fingerprint density at radius 1 is 0.811 bits per heavy atom. The van der Waals surface area contributed by atoms with Crippen molar-refractivity contribution in [1.82, 2.24) is 4.98 Å². The number of hydrogen-bond donors (Lipinski definition) is 2. The number of rotatable bonds is 11. The number of aromatic carboxylic acids is 1. The van der Waals surface area contributed by atoms with E-state index in [0.717, 1.165) is 64.2 Å². The van der Waals surface area contributed by atoms with Crippen molar-refractivity contribution in [2.75, 3.05) is 6.61 Å². The van der Waals surface area contributed by atoms with Crippen LogP contribution >= 0.6 is 0 Å². The zero-order valence-corrected chi connectivity index (χ0v) is 20.8. The molecule has 1 heterocycles. The second kappa shape index (κ2) is 11.6. The molecule has 0 atom stereocenters. The molecule has 0 radical (unpaired) electrons. The molecule has 0 amide bonds. The van der Waals surface area contributed by atoms with Crippen molar-refractivity contribution in [2.24, 2.45) is 0 Å². The maximum Gasteiger partial charge on any atom is 0.352 e. The van der Waals surface area contributed by atoms with Gasteiger partial charge in [-0.1, -0.05) is 97.1 Å². The summed E-state index contributed by atoms with van der Waals surface area (Å²) in [7, 11) is 0. The third-order valence-electron chi connectivity index (χ3n) is 6.74. The molecular weight excluding hydrogens is 458 g/mol. The molecule has 0 saturated heterocycles. The Balaban J connectivity index is 1.26. The maximum absolute atomic E-state index is 12.1. The normalized spacial score (nSPS) is 11.5. The van der Waals surface area contributed by atoms with Crippen LogP contribution in [0.1, 0.15) is 46.4 Å². The molecule has 0 fully saturated rings. The minimum Gasteiger partial charge on any atom is -0.493 e. The molecule has 0 saturated carbocycles. The molecular formula is C33H31NO3. The molecule has 4 aromatic carbocycles. The fourth-order valence-electron chi connectivity index (χ4n) is 4.91. The number of para-hydroxylation sites is 1. The fourth-order valence-corrected chi connectivity index (χ4v) is 4.91. The average Bonchev–Trinajstić information content (AvgIpc) is 3.31. The van der Waals surface area contributed by atoms with Gasteiger partial charge in [-0.15, -0.1) is 0 Å². The molecule has 0 bridgehead atoms. The summed E-state index contributed by atoms with van der Waals surface area (Å²) in [5.41, 5.74) is 4.35. The number of aryl methyl sites for hydroxylation is 2. The molecule has 0 spiro atoms. The first-order chi connectivity index (χ1) is 18.2. The minimum absolute atomic E-state index is 0.269. The second-order valence-electron chi connectivity index (χ2n) is 9.26. The number of allylic oxidation sites excluding steroid dienone is 1. The molecule has 186 valence electrons. The van der Waals surface area contributed by atoms with Crippen LogP contribution in [0.15, 0.2) is 97.1 Å². The highest BCUT2D eigenvalue weighted by Gasteiger charge is 2.18. The Bertz CT molecular complexity index is 1530. The predicted octanol–water partition coefficient (Wildman–Crippen LogP) is 8.07. The van der Waals surface area contributed by atoms with Gasteiger partial charge < -0.3 is 14.8 Å². The molecule has 4 heteroatoms. The van der Waals surface area contributed by atoms with Gasteiger partial charge in [0, 0.05) is 10.8 Å². The Hall–Kier alpha value is -4.31. The number of carboxylic acid groups (broad SMARTS) is 1. The van der Waals surface area contributed by atoms with E-state index in [1.165, 1.54) is 5.56 Å². The number of nitrogens with one attached hydrogen (secondary N) is 1. The molecule has 5 rings (SSSR count). The number of carbonyl (C=O) groups is 1. The van der Waals surface area contributed by atoms with Crippen molar-refractivity contribution in [3.63, 3.8) is 0 Å². The number of unbranched alkanes of at least 4 members (excludes halogenated alkanes) is 1. The highest BCUT2D eigenvalue weighted by molar-refractivity contribution is 6.00. The van der Waals surface area contributed by atoms with Crippen molar-refractivity contribution >= 4 is 33.7 Å². The molecule has 4 nitrogen and oxygen atoms in total. The summed E-state index contributed by atoms with van der Waals surface area (Å²) < 4.78 is 6.09. The van der Waals surface area contributed by atoms with E-state index in [0.29, 0.717) is 13.0 Å². The Labute approximate surface area is 217 Å². The third kappa shape index (κ3) is 5.75. The Morgan fingerprint density at radius 3 is 2.43 bits per heavy atom. The summed E-state index contributed by atoms with van der Waals surface area (Å²) >= 11 is 0. The van der Waals surface area contributed by atoms with Gasteiger partial charge >= 0.3 is 5.97 Å². The number of fused-ring (bicyclic) bond motifs is 2. The summed E-state index contributed by atoms with van der Waals surface area (Å²) in [6, 6.07) is 30.8. The van der Waals surface area contributed by atoms with Gasteiger partial charge in [-0.05, 0) is 60.2 Å². The van der Waals surface area contributed by atoms with E-state index in [1.54, 1.807) is 0 Å². The van der Waals surface area contributed by atoms with Crippen molar-refractivity contribution in [1.29, 1.82) is 0 Å². The van der Waals surface area contributed by atoms with E-state index < -0.39 is 5.97 Å². The van der Waals surface area contributed by atoms with Crippen LogP contribution < -0.4 is 4.74 Å². The first-order valence-electron chi connectivity index (χ1n) is 12.9. The molecule has 5 aromatic rings. The third-order valence-corrected chi connectivity index (χ3v) is 6.74. The minimum atomic E-state index is -0.932. The lowest BCUT2D eigenvalue weighted by atomic mass is 10.0. The van der Waals surface area contributed by atoms with Crippen LogP contribution in [-0.2, 0) is 12.8 Å². The lowest BCUT2D eigenvalue weighted by Crippen LogP contribution is -2.04. The molecule has 2 N–H and O–H groups in total. The van der Waals surface area contributed by atoms with Crippen LogP contribution in [0.4, 0.5) is 0 Å². The standard InChI is InChI=1S/C33H31NO3/c35-33(36)32-29(21-11-23-37-30-22-10-17-25-15-7-8-19-27(25)30)28-20-9-18-26(31(28)34-32)16-6-2-5-14-24-12-3-1-4-13-24/h1,3-4,6-10,12-13,15-20,22,34H,2,5,11,14,21,23H2,(H,35,36). The number of H-pyrrole nitrogens is 1. The molecule has 0 aliphatic heterocycles.